The molecule has 0 saturated heterocycles. The number of nitrogens with one attached hydrogen (secondary N) is 2. The Kier molecular flexibility index (Phi) is 6.50. The van der Waals surface area contributed by atoms with Gasteiger partial charge in [-0.05, 0) is 34.9 Å². The molecule has 0 unspecified atom stereocenters. The van der Waals surface area contributed by atoms with Crippen LogP contribution in [0.25, 0.3) is 0 Å². The molecule has 17 heavy (non-hydrogen) atoms. The molecule has 0 fully saturated rings. The summed E-state index contributed by atoms with van der Waals surface area (Å²) in [5, 5.41) is 5.42. The maximum atomic E-state index is 11.4. The van der Waals surface area contributed by atoms with E-state index in [1.54, 1.807) is 0 Å². The Hall–Kier alpha value is -1.36. The summed E-state index contributed by atoms with van der Waals surface area (Å²) in [4.78, 5) is 24.6. The molecule has 0 spiro atoms. The van der Waals surface area contributed by atoms with Gasteiger partial charge in [-0.2, -0.15) is 0 Å². The molecule has 0 radical (unpaired) electrons. The van der Waals surface area contributed by atoms with E-state index in [0.717, 1.165) is 6.54 Å². The molecular formula is C12H23N3O2. The number of carbonyl (C=O) groups excluding carboxylic acids is 2. The zero-order valence-corrected chi connectivity index (χ0v) is 11.3. The van der Waals surface area contributed by atoms with Crippen molar-refractivity contribution in [3.8, 4) is 0 Å². The van der Waals surface area contributed by atoms with Gasteiger partial charge in [0.2, 0.25) is 11.8 Å². The lowest BCUT2D eigenvalue weighted by molar-refractivity contribution is -0.119. The van der Waals surface area contributed by atoms with E-state index >= 15 is 0 Å². The molecule has 0 aromatic carbocycles. The van der Waals surface area contributed by atoms with Gasteiger partial charge in [-0.1, -0.05) is 0 Å². The lowest BCUT2D eigenvalue weighted by Crippen LogP contribution is -2.39. The molecule has 0 aromatic rings. The summed E-state index contributed by atoms with van der Waals surface area (Å²) in [5.74, 6) is -0.517. The highest BCUT2D eigenvalue weighted by Gasteiger charge is 2.11. The van der Waals surface area contributed by atoms with Crippen molar-refractivity contribution in [1.29, 1.82) is 0 Å². The van der Waals surface area contributed by atoms with Gasteiger partial charge in [-0.15, -0.1) is 0 Å². The van der Waals surface area contributed by atoms with E-state index in [-0.39, 0.29) is 17.4 Å². The zero-order valence-electron chi connectivity index (χ0n) is 11.3. The molecule has 0 aromatic heterocycles. The highest BCUT2D eigenvalue weighted by atomic mass is 16.2. The van der Waals surface area contributed by atoms with Gasteiger partial charge >= 0.3 is 0 Å². The number of hydrogen-bond donors (Lipinski definition) is 2. The van der Waals surface area contributed by atoms with E-state index in [0.29, 0.717) is 6.54 Å². The number of amides is 2. The Labute approximate surface area is 103 Å². The highest BCUT2D eigenvalue weighted by Crippen LogP contribution is 1.97. The van der Waals surface area contributed by atoms with Crippen molar-refractivity contribution in [3.05, 3.63) is 12.2 Å². The molecule has 0 aliphatic carbocycles. The minimum Gasteiger partial charge on any atom is -0.351 e. The molecule has 2 N–H and O–H groups in total. The summed E-state index contributed by atoms with van der Waals surface area (Å²) in [6.07, 6.45) is 2.49. The summed E-state index contributed by atoms with van der Waals surface area (Å²) in [5.41, 5.74) is -0.289. The highest BCUT2D eigenvalue weighted by molar-refractivity contribution is 5.96. The van der Waals surface area contributed by atoms with Gasteiger partial charge in [-0.3, -0.25) is 9.59 Å². The molecule has 0 rings (SSSR count). The second kappa shape index (κ2) is 7.06. The molecule has 98 valence electrons. The molecule has 0 heterocycles. The van der Waals surface area contributed by atoms with Crippen molar-refractivity contribution in [2.45, 2.75) is 26.3 Å². The third-order valence-corrected chi connectivity index (χ3v) is 1.74. The SMILES string of the molecule is CN(C)CCNC(=O)/C=C\C(=O)NC(C)(C)C. The normalized spacial score (nSPS) is 11.9. The van der Waals surface area contributed by atoms with Crippen LogP contribution in [-0.4, -0.2) is 49.4 Å². The maximum absolute atomic E-state index is 11.4. The van der Waals surface area contributed by atoms with Crippen molar-refractivity contribution >= 4 is 11.8 Å². The minimum atomic E-state index is -0.289. The van der Waals surface area contributed by atoms with Gasteiger partial charge in [0.15, 0.2) is 0 Å². The number of rotatable bonds is 5. The maximum Gasteiger partial charge on any atom is 0.244 e. The Morgan fingerprint density at radius 1 is 1.12 bits per heavy atom. The van der Waals surface area contributed by atoms with Gasteiger partial charge in [0.25, 0.3) is 0 Å². The number of hydrogen-bond acceptors (Lipinski definition) is 3. The summed E-state index contributed by atoms with van der Waals surface area (Å²) < 4.78 is 0. The van der Waals surface area contributed by atoms with Gasteiger partial charge in [-0.25, -0.2) is 0 Å². The van der Waals surface area contributed by atoms with Crippen LogP contribution >= 0.6 is 0 Å². The first-order chi connectivity index (χ1) is 7.70. The first kappa shape index (κ1) is 15.6. The van der Waals surface area contributed by atoms with E-state index in [4.69, 9.17) is 0 Å². The van der Waals surface area contributed by atoms with Crippen LogP contribution in [-0.2, 0) is 9.59 Å². The standard InChI is InChI=1S/C12H23N3O2/c1-12(2,3)14-11(17)7-6-10(16)13-8-9-15(4)5/h6-7H,8-9H2,1-5H3,(H,13,16)(H,14,17)/b7-6-. The van der Waals surface area contributed by atoms with Crippen molar-refractivity contribution in [2.24, 2.45) is 0 Å². The zero-order chi connectivity index (χ0) is 13.5. The lowest BCUT2D eigenvalue weighted by Gasteiger charge is -2.18. The van der Waals surface area contributed by atoms with E-state index in [9.17, 15) is 9.59 Å². The summed E-state index contributed by atoms with van der Waals surface area (Å²) in [6, 6.07) is 0. The molecule has 0 aliphatic rings. The van der Waals surface area contributed by atoms with E-state index in [1.807, 2.05) is 39.8 Å². The Morgan fingerprint density at radius 3 is 2.12 bits per heavy atom. The Morgan fingerprint density at radius 2 is 1.65 bits per heavy atom. The molecular weight excluding hydrogens is 218 g/mol. The fourth-order valence-corrected chi connectivity index (χ4v) is 1.02. The molecule has 0 bridgehead atoms. The predicted octanol–water partition coefficient (Wildman–Crippen LogP) is 0.135. The van der Waals surface area contributed by atoms with Crippen LogP contribution in [0.1, 0.15) is 20.8 Å². The third-order valence-electron chi connectivity index (χ3n) is 1.74. The fourth-order valence-electron chi connectivity index (χ4n) is 1.02. The van der Waals surface area contributed by atoms with Crippen molar-refractivity contribution < 1.29 is 9.59 Å². The molecule has 0 saturated carbocycles. The van der Waals surface area contributed by atoms with E-state index in [2.05, 4.69) is 10.6 Å². The quantitative estimate of drug-likeness (QED) is 0.673. The van der Waals surface area contributed by atoms with Gasteiger partial charge < -0.3 is 15.5 Å². The van der Waals surface area contributed by atoms with Crippen LogP contribution < -0.4 is 10.6 Å². The van der Waals surface area contributed by atoms with Crippen LogP contribution in [0.4, 0.5) is 0 Å². The van der Waals surface area contributed by atoms with Gasteiger partial charge in [0.1, 0.15) is 0 Å². The van der Waals surface area contributed by atoms with Crippen molar-refractivity contribution in [2.75, 3.05) is 27.2 Å². The average Bonchev–Trinajstić information content (AvgIpc) is 2.11. The second-order valence-corrected chi connectivity index (χ2v) is 5.17. The van der Waals surface area contributed by atoms with Crippen LogP contribution in [0.5, 0.6) is 0 Å². The largest absolute Gasteiger partial charge is 0.351 e. The Balaban J connectivity index is 3.91. The predicted molar refractivity (Wildman–Crippen MR) is 68.6 cm³/mol. The first-order valence-corrected chi connectivity index (χ1v) is 5.63. The van der Waals surface area contributed by atoms with Crippen LogP contribution in [0.15, 0.2) is 12.2 Å². The Bertz CT molecular complexity index is 291. The van der Waals surface area contributed by atoms with E-state index < -0.39 is 0 Å². The van der Waals surface area contributed by atoms with Gasteiger partial charge in [0.05, 0.1) is 0 Å². The van der Waals surface area contributed by atoms with Crippen LogP contribution in [0.3, 0.4) is 0 Å². The number of likely N-dealkylation sites (N-methyl/N-ethyl adjacent to an activating group) is 1. The molecule has 0 atom stereocenters. The monoisotopic (exact) mass is 241 g/mol. The molecule has 5 nitrogen and oxygen atoms in total. The van der Waals surface area contributed by atoms with Crippen molar-refractivity contribution in [3.63, 3.8) is 0 Å². The van der Waals surface area contributed by atoms with E-state index in [1.165, 1.54) is 12.2 Å². The van der Waals surface area contributed by atoms with Crippen LogP contribution in [0.2, 0.25) is 0 Å². The lowest BCUT2D eigenvalue weighted by atomic mass is 10.1. The molecule has 0 aliphatic heterocycles. The summed E-state index contributed by atoms with van der Waals surface area (Å²) in [6.45, 7) is 6.99. The smallest absolute Gasteiger partial charge is 0.244 e. The topological polar surface area (TPSA) is 61.4 Å². The second-order valence-electron chi connectivity index (χ2n) is 5.17. The summed E-state index contributed by atoms with van der Waals surface area (Å²) >= 11 is 0. The number of carbonyl (C=O) groups is 2. The van der Waals surface area contributed by atoms with Crippen LogP contribution in [0, 0.1) is 0 Å². The fraction of sp³-hybridized carbons (Fsp3) is 0.667. The van der Waals surface area contributed by atoms with Gasteiger partial charge in [0, 0.05) is 30.8 Å². The average molecular weight is 241 g/mol. The number of nitrogens with zero attached hydrogens (tertiary/aromatic N) is 1. The molecule has 2 amide bonds. The minimum absolute atomic E-state index is 0.254. The van der Waals surface area contributed by atoms with Crippen molar-refractivity contribution in [1.82, 2.24) is 15.5 Å². The summed E-state index contributed by atoms with van der Waals surface area (Å²) in [7, 11) is 3.86. The first-order valence-electron chi connectivity index (χ1n) is 5.63. The third kappa shape index (κ3) is 10.9. The molecule has 5 heteroatoms.